The first-order valence-electron chi connectivity index (χ1n) is 5.53. The highest BCUT2D eigenvalue weighted by atomic mass is 19.1. The van der Waals surface area contributed by atoms with E-state index in [2.05, 4.69) is 10.3 Å². The molecule has 7 heteroatoms. The zero-order valence-electron chi connectivity index (χ0n) is 10.1. The summed E-state index contributed by atoms with van der Waals surface area (Å²) >= 11 is 0. The number of hydrogen-bond acceptors (Lipinski definition) is 4. The van der Waals surface area contributed by atoms with Crippen LogP contribution < -0.4 is 11.1 Å². The molecule has 1 heterocycles. The van der Waals surface area contributed by atoms with Gasteiger partial charge in [-0.3, -0.25) is 4.79 Å². The number of primary amides is 1. The Morgan fingerprint density at radius 2 is 1.90 bits per heavy atom. The van der Waals surface area contributed by atoms with E-state index in [0.29, 0.717) is 11.3 Å². The number of carbonyl (C=O) groups excluding carboxylic acids is 1. The fraction of sp³-hybridized carbons (Fsp3) is 0. The van der Waals surface area contributed by atoms with Gasteiger partial charge < -0.3 is 16.2 Å². The number of benzene rings is 1. The maximum Gasteiger partial charge on any atom is 0.339 e. The Morgan fingerprint density at radius 3 is 2.45 bits per heavy atom. The van der Waals surface area contributed by atoms with Crippen molar-refractivity contribution in [3.63, 3.8) is 0 Å². The van der Waals surface area contributed by atoms with Crippen molar-refractivity contribution in [3.8, 4) is 0 Å². The highest BCUT2D eigenvalue weighted by molar-refractivity contribution is 5.95. The van der Waals surface area contributed by atoms with Crippen LogP contribution in [-0.4, -0.2) is 22.0 Å². The molecule has 2 aromatic rings. The van der Waals surface area contributed by atoms with Gasteiger partial charge in [-0.15, -0.1) is 0 Å². The molecule has 1 aromatic heterocycles. The number of anilines is 2. The Balaban J connectivity index is 2.30. The van der Waals surface area contributed by atoms with Crippen molar-refractivity contribution in [3.05, 3.63) is 53.5 Å². The topological polar surface area (TPSA) is 105 Å². The quantitative estimate of drug-likeness (QED) is 0.788. The largest absolute Gasteiger partial charge is 0.478 e. The fourth-order valence-electron chi connectivity index (χ4n) is 1.56. The molecule has 0 fully saturated rings. The van der Waals surface area contributed by atoms with Gasteiger partial charge in [-0.05, 0) is 30.3 Å². The van der Waals surface area contributed by atoms with E-state index in [1.54, 1.807) is 0 Å². The summed E-state index contributed by atoms with van der Waals surface area (Å²) in [6.07, 6.45) is 0.909. The van der Waals surface area contributed by atoms with E-state index in [1.165, 1.54) is 24.3 Å². The molecular weight excluding hydrogens is 265 g/mol. The third-order valence-corrected chi connectivity index (χ3v) is 2.52. The Hall–Kier alpha value is -2.96. The lowest BCUT2D eigenvalue weighted by Crippen LogP contribution is -2.10. The van der Waals surface area contributed by atoms with Crippen LogP contribution in [0.2, 0.25) is 0 Å². The number of carboxylic acids is 1. The third kappa shape index (κ3) is 2.89. The van der Waals surface area contributed by atoms with Crippen molar-refractivity contribution in [2.75, 3.05) is 5.32 Å². The predicted molar refractivity (Wildman–Crippen MR) is 69.4 cm³/mol. The van der Waals surface area contributed by atoms with Crippen molar-refractivity contribution in [1.29, 1.82) is 0 Å². The number of pyridine rings is 1. The van der Waals surface area contributed by atoms with Crippen LogP contribution in [0.25, 0.3) is 0 Å². The molecule has 1 amide bonds. The van der Waals surface area contributed by atoms with Gasteiger partial charge in [-0.1, -0.05) is 0 Å². The van der Waals surface area contributed by atoms with Gasteiger partial charge in [0.1, 0.15) is 17.2 Å². The summed E-state index contributed by atoms with van der Waals surface area (Å²) in [6, 6.07) is 6.91. The van der Waals surface area contributed by atoms with Gasteiger partial charge in [0.05, 0.1) is 6.20 Å². The molecule has 0 unspecified atom stereocenters. The number of nitrogens with two attached hydrogens (primary N) is 1. The van der Waals surface area contributed by atoms with Crippen LogP contribution in [0, 0.1) is 5.82 Å². The number of carboxylic acid groups (broad SMARTS) is 1. The second-order valence-electron chi connectivity index (χ2n) is 3.92. The number of nitrogens with one attached hydrogen (secondary N) is 1. The van der Waals surface area contributed by atoms with E-state index in [9.17, 15) is 14.0 Å². The van der Waals surface area contributed by atoms with Crippen LogP contribution in [0.5, 0.6) is 0 Å². The average Bonchev–Trinajstić information content (AvgIpc) is 2.41. The SMILES string of the molecule is NC(=O)c1ccc(Nc2ncc(F)cc2C(=O)O)cc1. The number of rotatable bonds is 4. The highest BCUT2D eigenvalue weighted by Gasteiger charge is 2.13. The van der Waals surface area contributed by atoms with Crippen molar-refractivity contribution in [2.24, 2.45) is 5.73 Å². The zero-order chi connectivity index (χ0) is 14.7. The number of hydrogen-bond donors (Lipinski definition) is 3. The molecule has 0 radical (unpaired) electrons. The fourth-order valence-corrected chi connectivity index (χ4v) is 1.56. The molecule has 0 spiro atoms. The highest BCUT2D eigenvalue weighted by Crippen LogP contribution is 2.19. The zero-order valence-corrected chi connectivity index (χ0v) is 10.1. The van der Waals surface area contributed by atoms with E-state index >= 15 is 0 Å². The average molecular weight is 275 g/mol. The maximum atomic E-state index is 13.0. The molecule has 0 saturated heterocycles. The molecular formula is C13H10FN3O3. The summed E-state index contributed by atoms with van der Waals surface area (Å²) in [5, 5.41) is 11.7. The predicted octanol–water partition coefficient (Wildman–Crippen LogP) is 1.76. The van der Waals surface area contributed by atoms with Crippen molar-refractivity contribution >= 4 is 23.4 Å². The summed E-state index contributed by atoms with van der Waals surface area (Å²) in [7, 11) is 0. The minimum Gasteiger partial charge on any atom is -0.478 e. The Kier molecular flexibility index (Phi) is 3.60. The smallest absolute Gasteiger partial charge is 0.339 e. The molecule has 0 bridgehead atoms. The van der Waals surface area contributed by atoms with Gasteiger partial charge in [0.15, 0.2) is 0 Å². The number of aromatic carboxylic acids is 1. The molecule has 0 aliphatic rings. The second kappa shape index (κ2) is 5.35. The van der Waals surface area contributed by atoms with E-state index < -0.39 is 17.7 Å². The number of nitrogens with zero attached hydrogens (tertiary/aromatic N) is 1. The van der Waals surface area contributed by atoms with Crippen LogP contribution in [0.4, 0.5) is 15.9 Å². The Morgan fingerprint density at radius 1 is 1.25 bits per heavy atom. The molecule has 0 saturated carbocycles. The summed E-state index contributed by atoms with van der Waals surface area (Å²) in [6.45, 7) is 0. The summed E-state index contributed by atoms with van der Waals surface area (Å²) in [5.74, 6) is -2.60. The Labute approximate surface area is 113 Å². The van der Waals surface area contributed by atoms with E-state index in [4.69, 9.17) is 10.8 Å². The van der Waals surface area contributed by atoms with Crippen molar-refractivity contribution in [1.82, 2.24) is 4.98 Å². The number of amides is 1. The van der Waals surface area contributed by atoms with Gasteiger partial charge in [-0.2, -0.15) is 0 Å². The standard InChI is InChI=1S/C13H10FN3O3/c14-8-5-10(13(19)20)12(16-6-8)17-9-3-1-7(2-4-9)11(15)18/h1-6H,(H2,15,18)(H,16,17)(H,19,20). The van der Waals surface area contributed by atoms with E-state index in [-0.39, 0.29) is 11.4 Å². The maximum absolute atomic E-state index is 13.0. The molecule has 1 aromatic carbocycles. The molecule has 0 aliphatic carbocycles. The molecule has 20 heavy (non-hydrogen) atoms. The molecule has 102 valence electrons. The van der Waals surface area contributed by atoms with E-state index in [1.807, 2.05) is 0 Å². The number of halogens is 1. The van der Waals surface area contributed by atoms with Gasteiger partial charge >= 0.3 is 5.97 Å². The van der Waals surface area contributed by atoms with Gasteiger partial charge in [-0.25, -0.2) is 14.2 Å². The van der Waals surface area contributed by atoms with Crippen molar-refractivity contribution in [2.45, 2.75) is 0 Å². The summed E-state index contributed by atoms with van der Waals surface area (Å²) < 4.78 is 13.0. The molecule has 0 atom stereocenters. The first kappa shape index (κ1) is 13.5. The number of carbonyl (C=O) groups is 2. The lowest BCUT2D eigenvalue weighted by Gasteiger charge is -2.08. The monoisotopic (exact) mass is 275 g/mol. The molecule has 6 nitrogen and oxygen atoms in total. The van der Waals surface area contributed by atoms with Crippen LogP contribution in [0.3, 0.4) is 0 Å². The lowest BCUT2D eigenvalue weighted by atomic mass is 10.2. The van der Waals surface area contributed by atoms with Gasteiger partial charge in [0.25, 0.3) is 0 Å². The summed E-state index contributed by atoms with van der Waals surface area (Å²) in [5.41, 5.74) is 5.64. The van der Waals surface area contributed by atoms with Crippen LogP contribution in [0.15, 0.2) is 36.5 Å². The third-order valence-electron chi connectivity index (χ3n) is 2.52. The van der Waals surface area contributed by atoms with Gasteiger partial charge in [0.2, 0.25) is 5.91 Å². The first-order chi connectivity index (χ1) is 9.47. The first-order valence-corrected chi connectivity index (χ1v) is 5.53. The van der Waals surface area contributed by atoms with Crippen LogP contribution >= 0.6 is 0 Å². The summed E-state index contributed by atoms with van der Waals surface area (Å²) in [4.78, 5) is 25.6. The van der Waals surface area contributed by atoms with E-state index in [0.717, 1.165) is 12.3 Å². The molecule has 2 rings (SSSR count). The minimum absolute atomic E-state index is 0.00530. The molecule has 4 N–H and O–H groups in total. The van der Waals surface area contributed by atoms with Crippen LogP contribution in [-0.2, 0) is 0 Å². The number of aromatic nitrogens is 1. The minimum atomic E-state index is -1.30. The van der Waals surface area contributed by atoms with Gasteiger partial charge in [0, 0.05) is 11.3 Å². The van der Waals surface area contributed by atoms with Crippen molar-refractivity contribution < 1.29 is 19.1 Å². The lowest BCUT2D eigenvalue weighted by molar-refractivity contribution is 0.0696. The van der Waals surface area contributed by atoms with Crippen LogP contribution in [0.1, 0.15) is 20.7 Å². The molecule has 0 aliphatic heterocycles. The second-order valence-corrected chi connectivity index (χ2v) is 3.92. The normalized spacial score (nSPS) is 10.1. The Bertz CT molecular complexity index is 671.